The number of hydrogen-bond donors (Lipinski definition) is 1. The molecule has 1 amide bonds. The Balaban J connectivity index is 2.39. The highest BCUT2D eigenvalue weighted by atomic mass is 35.5. The molecule has 6 heteroatoms. The second kappa shape index (κ2) is 9.40. The number of benzene rings is 1. The minimum atomic E-state index is -0.586. The summed E-state index contributed by atoms with van der Waals surface area (Å²) in [6, 6.07) is 3.59. The highest BCUT2D eigenvalue weighted by molar-refractivity contribution is 6.30. The van der Waals surface area contributed by atoms with Crippen molar-refractivity contribution in [2.75, 3.05) is 13.2 Å². The molecule has 0 fully saturated rings. The van der Waals surface area contributed by atoms with Crippen molar-refractivity contribution < 1.29 is 19.1 Å². The normalized spacial score (nSPS) is 11.7. The summed E-state index contributed by atoms with van der Waals surface area (Å²) in [5, 5.41) is 3.38. The number of carbonyl (C=O) groups excluding carboxylic acids is 2. The highest BCUT2D eigenvalue weighted by Gasteiger charge is 2.12. The number of halogens is 1. The van der Waals surface area contributed by atoms with Crippen LogP contribution in [-0.2, 0) is 14.3 Å². The van der Waals surface area contributed by atoms with Crippen LogP contribution in [0.25, 0.3) is 0 Å². The summed E-state index contributed by atoms with van der Waals surface area (Å²) in [5.41, 5.74) is 1.68. The van der Waals surface area contributed by atoms with Crippen LogP contribution in [0.1, 0.15) is 37.8 Å². The molecule has 0 aliphatic carbocycles. The molecule has 1 aromatic carbocycles. The van der Waals surface area contributed by atoms with Crippen LogP contribution in [0.4, 0.5) is 0 Å². The Morgan fingerprint density at radius 3 is 2.39 bits per heavy atom. The monoisotopic (exact) mass is 341 g/mol. The van der Waals surface area contributed by atoms with Crippen molar-refractivity contribution in [2.24, 2.45) is 0 Å². The summed E-state index contributed by atoms with van der Waals surface area (Å²) >= 11 is 5.94. The van der Waals surface area contributed by atoms with Crippen LogP contribution in [0.2, 0.25) is 5.02 Å². The first-order valence-corrected chi connectivity index (χ1v) is 8.05. The molecule has 1 aromatic rings. The molecule has 0 heterocycles. The van der Waals surface area contributed by atoms with Gasteiger partial charge in [0.05, 0.1) is 0 Å². The Bertz CT molecular complexity index is 537. The van der Waals surface area contributed by atoms with Crippen molar-refractivity contribution in [1.29, 1.82) is 0 Å². The van der Waals surface area contributed by atoms with Gasteiger partial charge in [-0.15, -0.1) is 0 Å². The topological polar surface area (TPSA) is 64.6 Å². The molecule has 1 N–H and O–H groups in total. The molecule has 5 nitrogen and oxygen atoms in total. The van der Waals surface area contributed by atoms with Crippen LogP contribution in [0.3, 0.4) is 0 Å². The summed E-state index contributed by atoms with van der Waals surface area (Å²) in [5.74, 6) is -0.289. The summed E-state index contributed by atoms with van der Waals surface area (Å²) < 4.78 is 10.4. The molecule has 0 aromatic heterocycles. The summed E-state index contributed by atoms with van der Waals surface area (Å²) in [4.78, 5) is 23.3. The van der Waals surface area contributed by atoms with Gasteiger partial charge >= 0.3 is 5.97 Å². The van der Waals surface area contributed by atoms with Crippen LogP contribution in [0, 0.1) is 13.8 Å². The SMILES string of the molecule is CCC[C@@H](C)NC(=O)COC(=O)COc1c(C)cc(Cl)cc1C. The van der Waals surface area contributed by atoms with Crippen LogP contribution in [-0.4, -0.2) is 31.1 Å². The Labute approximate surface area is 142 Å². The molecule has 128 valence electrons. The van der Waals surface area contributed by atoms with Crippen LogP contribution in [0.15, 0.2) is 12.1 Å². The summed E-state index contributed by atoms with van der Waals surface area (Å²) in [7, 11) is 0. The molecule has 0 unspecified atom stereocenters. The Morgan fingerprint density at radius 1 is 1.22 bits per heavy atom. The van der Waals surface area contributed by atoms with Gasteiger partial charge in [-0.25, -0.2) is 4.79 Å². The highest BCUT2D eigenvalue weighted by Crippen LogP contribution is 2.26. The van der Waals surface area contributed by atoms with E-state index in [1.54, 1.807) is 12.1 Å². The predicted molar refractivity (Wildman–Crippen MR) is 89.9 cm³/mol. The average molecular weight is 342 g/mol. The lowest BCUT2D eigenvalue weighted by Crippen LogP contribution is -2.36. The number of ether oxygens (including phenoxy) is 2. The minimum Gasteiger partial charge on any atom is -0.481 e. The zero-order chi connectivity index (χ0) is 17.4. The van der Waals surface area contributed by atoms with Gasteiger partial charge in [0.2, 0.25) is 0 Å². The Kier molecular flexibility index (Phi) is 7.89. The maximum absolute atomic E-state index is 11.7. The third kappa shape index (κ3) is 6.91. The van der Waals surface area contributed by atoms with Gasteiger partial charge in [0.15, 0.2) is 13.2 Å². The molecule has 0 bridgehead atoms. The molecule has 1 rings (SSSR count). The lowest BCUT2D eigenvalue weighted by molar-refractivity contribution is -0.150. The second-order valence-electron chi connectivity index (χ2n) is 5.58. The van der Waals surface area contributed by atoms with Gasteiger partial charge in [-0.3, -0.25) is 4.79 Å². The van der Waals surface area contributed by atoms with E-state index in [2.05, 4.69) is 5.32 Å². The Morgan fingerprint density at radius 2 is 1.83 bits per heavy atom. The fraction of sp³-hybridized carbons (Fsp3) is 0.529. The quantitative estimate of drug-likeness (QED) is 0.737. The molecule has 1 atom stereocenters. The first-order valence-electron chi connectivity index (χ1n) is 7.68. The average Bonchev–Trinajstić information content (AvgIpc) is 2.44. The van der Waals surface area contributed by atoms with Gasteiger partial charge in [0, 0.05) is 11.1 Å². The van der Waals surface area contributed by atoms with Crippen LogP contribution < -0.4 is 10.1 Å². The van der Waals surface area contributed by atoms with Crippen molar-refractivity contribution in [3.8, 4) is 5.75 Å². The van der Waals surface area contributed by atoms with Gasteiger partial charge in [-0.2, -0.15) is 0 Å². The summed E-state index contributed by atoms with van der Waals surface area (Å²) in [6.45, 7) is 7.11. The van der Waals surface area contributed by atoms with Crippen molar-refractivity contribution in [3.05, 3.63) is 28.3 Å². The van der Waals surface area contributed by atoms with Gasteiger partial charge < -0.3 is 14.8 Å². The van der Waals surface area contributed by atoms with E-state index in [4.69, 9.17) is 21.1 Å². The molecule has 0 saturated heterocycles. The molecule has 0 aliphatic heterocycles. The molecule has 0 saturated carbocycles. The fourth-order valence-electron chi connectivity index (χ4n) is 2.27. The van der Waals surface area contributed by atoms with E-state index in [1.807, 2.05) is 27.7 Å². The predicted octanol–water partition coefficient (Wildman–Crippen LogP) is 3.18. The van der Waals surface area contributed by atoms with E-state index in [0.717, 1.165) is 24.0 Å². The summed E-state index contributed by atoms with van der Waals surface area (Å²) in [6.07, 6.45) is 1.87. The van der Waals surface area contributed by atoms with Crippen molar-refractivity contribution in [3.63, 3.8) is 0 Å². The molecule has 23 heavy (non-hydrogen) atoms. The molecule has 0 radical (unpaired) electrons. The number of amides is 1. The lowest BCUT2D eigenvalue weighted by Gasteiger charge is -2.14. The van der Waals surface area contributed by atoms with Crippen molar-refractivity contribution in [1.82, 2.24) is 5.32 Å². The molecule has 0 spiro atoms. The van der Waals surface area contributed by atoms with Crippen molar-refractivity contribution >= 4 is 23.5 Å². The van der Waals surface area contributed by atoms with Crippen molar-refractivity contribution in [2.45, 2.75) is 46.6 Å². The minimum absolute atomic E-state index is 0.0711. The third-order valence-electron chi connectivity index (χ3n) is 3.25. The number of nitrogens with one attached hydrogen (secondary N) is 1. The largest absolute Gasteiger partial charge is 0.481 e. The van der Waals surface area contributed by atoms with E-state index in [1.165, 1.54) is 0 Å². The van der Waals surface area contributed by atoms with Gasteiger partial charge in [-0.05, 0) is 50.5 Å². The first kappa shape index (κ1) is 19.3. The number of aryl methyl sites for hydroxylation is 2. The van der Waals surface area contributed by atoms with Crippen LogP contribution >= 0.6 is 11.6 Å². The third-order valence-corrected chi connectivity index (χ3v) is 3.47. The zero-order valence-corrected chi connectivity index (χ0v) is 14.8. The van der Waals surface area contributed by atoms with E-state index >= 15 is 0 Å². The number of esters is 1. The van der Waals surface area contributed by atoms with Gasteiger partial charge in [0.25, 0.3) is 5.91 Å². The maximum atomic E-state index is 11.7. The van der Waals surface area contributed by atoms with Crippen LogP contribution in [0.5, 0.6) is 5.75 Å². The van der Waals surface area contributed by atoms with E-state index in [9.17, 15) is 9.59 Å². The molecular formula is C17H24ClNO4. The number of carbonyl (C=O) groups is 2. The fourth-order valence-corrected chi connectivity index (χ4v) is 2.59. The van der Waals surface area contributed by atoms with E-state index < -0.39 is 5.97 Å². The van der Waals surface area contributed by atoms with E-state index in [-0.39, 0.29) is 25.2 Å². The molecular weight excluding hydrogens is 318 g/mol. The second-order valence-corrected chi connectivity index (χ2v) is 6.01. The molecule has 0 aliphatic rings. The zero-order valence-electron chi connectivity index (χ0n) is 14.1. The number of rotatable bonds is 8. The Hall–Kier alpha value is -1.75. The van der Waals surface area contributed by atoms with Gasteiger partial charge in [0.1, 0.15) is 5.75 Å². The standard InChI is InChI=1S/C17H24ClNO4/c1-5-6-13(4)19-15(20)9-22-16(21)10-23-17-11(2)7-14(18)8-12(17)3/h7-8,13H,5-6,9-10H2,1-4H3,(H,19,20)/t13-/m1/s1. The lowest BCUT2D eigenvalue weighted by atomic mass is 10.1. The maximum Gasteiger partial charge on any atom is 0.344 e. The smallest absolute Gasteiger partial charge is 0.344 e. The van der Waals surface area contributed by atoms with Gasteiger partial charge in [-0.1, -0.05) is 24.9 Å². The number of hydrogen-bond acceptors (Lipinski definition) is 4. The van der Waals surface area contributed by atoms with E-state index in [0.29, 0.717) is 10.8 Å². The first-order chi connectivity index (χ1) is 10.8.